The van der Waals surface area contributed by atoms with Gasteiger partial charge < -0.3 is 9.64 Å². The number of ether oxygens (including phenoxy) is 1. The fraction of sp³-hybridized carbons (Fsp3) is 0.324. The number of esters is 1. The number of pyridine rings is 1. The molecule has 0 radical (unpaired) electrons. The number of carbonyl (C=O) groups is 2. The van der Waals surface area contributed by atoms with Crippen molar-refractivity contribution in [2.45, 2.75) is 68.5 Å². The summed E-state index contributed by atoms with van der Waals surface area (Å²) in [5, 5.41) is 0. The summed E-state index contributed by atoms with van der Waals surface area (Å²) < 4.78 is 60.3. The third-order valence-electron chi connectivity index (χ3n) is 8.60. The maximum Gasteiger partial charge on any atom is 0.338 e. The number of benzene rings is 2. The van der Waals surface area contributed by atoms with Crippen molar-refractivity contribution in [1.29, 1.82) is 0 Å². The SMILES string of the molecule is O=C(OCc1ccccc1)c1ccc(N(Cc2cnc(C3CCCCC3)cn2)C(=O)[C@H]2CCN2S(=O)(=O)c2cnc(F)c(F)c2)cc1. The Labute approximate surface area is 271 Å². The second-order valence-corrected chi connectivity index (χ2v) is 13.6. The molecule has 0 spiro atoms. The highest BCUT2D eigenvalue weighted by atomic mass is 32.2. The number of hydrogen-bond acceptors (Lipinski definition) is 8. The van der Waals surface area contributed by atoms with Crippen LogP contribution in [0, 0.1) is 11.8 Å². The first-order valence-corrected chi connectivity index (χ1v) is 16.9. The maximum atomic E-state index is 14.1. The molecule has 1 saturated heterocycles. The Hall–Kier alpha value is -4.62. The van der Waals surface area contributed by atoms with Gasteiger partial charge in [0, 0.05) is 30.4 Å². The number of sulfonamides is 1. The Morgan fingerprint density at radius 3 is 2.28 bits per heavy atom. The van der Waals surface area contributed by atoms with Gasteiger partial charge in [0.15, 0.2) is 5.82 Å². The molecule has 1 aliphatic carbocycles. The molecule has 3 heterocycles. The van der Waals surface area contributed by atoms with Crippen LogP contribution in [0.3, 0.4) is 0 Å². The molecule has 47 heavy (non-hydrogen) atoms. The van der Waals surface area contributed by atoms with Crippen molar-refractivity contribution in [3.8, 4) is 0 Å². The first-order chi connectivity index (χ1) is 22.7. The van der Waals surface area contributed by atoms with Crippen LogP contribution in [0.1, 0.15) is 71.8 Å². The molecule has 2 fully saturated rings. The molecule has 0 N–H and O–H groups in total. The summed E-state index contributed by atoms with van der Waals surface area (Å²) in [6.07, 6.45) is 9.91. The van der Waals surface area contributed by atoms with Gasteiger partial charge in [0.05, 0.1) is 35.9 Å². The van der Waals surface area contributed by atoms with Crippen LogP contribution in [0.15, 0.2) is 84.1 Å². The Morgan fingerprint density at radius 2 is 1.64 bits per heavy atom. The van der Waals surface area contributed by atoms with Crippen LogP contribution in [0.25, 0.3) is 0 Å². The van der Waals surface area contributed by atoms with Crippen LogP contribution in [0.4, 0.5) is 14.5 Å². The molecule has 4 aromatic rings. The zero-order valence-corrected chi connectivity index (χ0v) is 26.3. The number of amides is 1. The number of nitrogens with zero attached hydrogens (tertiary/aromatic N) is 5. The van der Waals surface area contributed by atoms with Crippen molar-refractivity contribution in [3.05, 3.63) is 114 Å². The van der Waals surface area contributed by atoms with Crippen LogP contribution in [-0.2, 0) is 32.7 Å². The van der Waals surface area contributed by atoms with Gasteiger partial charge in [-0.25, -0.2) is 22.6 Å². The van der Waals surface area contributed by atoms with E-state index in [0.717, 1.165) is 47.4 Å². The second-order valence-electron chi connectivity index (χ2n) is 11.7. The summed E-state index contributed by atoms with van der Waals surface area (Å²) in [5.41, 5.74) is 2.90. The highest BCUT2D eigenvalue weighted by Gasteiger charge is 2.45. The summed E-state index contributed by atoms with van der Waals surface area (Å²) in [6, 6.07) is 14.9. The largest absolute Gasteiger partial charge is 0.457 e. The summed E-state index contributed by atoms with van der Waals surface area (Å²) >= 11 is 0. The zero-order chi connectivity index (χ0) is 33.0. The van der Waals surface area contributed by atoms with Gasteiger partial charge in [-0.15, -0.1) is 0 Å². The van der Waals surface area contributed by atoms with Gasteiger partial charge in [-0.1, -0.05) is 49.6 Å². The number of hydrogen-bond donors (Lipinski definition) is 0. The van der Waals surface area contributed by atoms with Gasteiger partial charge in [0.1, 0.15) is 17.5 Å². The predicted molar refractivity (Wildman–Crippen MR) is 168 cm³/mol. The average molecular weight is 662 g/mol. The summed E-state index contributed by atoms with van der Waals surface area (Å²) in [6.45, 7) is 0.0837. The Bertz CT molecular complexity index is 1840. The van der Waals surface area contributed by atoms with Crippen molar-refractivity contribution < 1.29 is 31.5 Å². The Morgan fingerprint density at radius 1 is 0.894 bits per heavy atom. The van der Waals surface area contributed by atoms with Gasteiger partial charge in [-0.2, -0.15) is 8.70 Å². The van der Waals surface area contributed by atoms with E-state index in [4.69, 9.17) is 4.74 Å². The van der Waals surface area contributed by atoms with Gasteiger partial charge in [-0.3, -0.25) is 14.8 Å². The molecule has 1 atom stereocenters. The molecule has 2 aliphatic rings. The van der Waals surface area contributed by atoms with Gasteiger partial charge in [0.25, 0.3) is 0 Å². The van der Waals surface area contributed by atoms with Gasteiger partial charge >= 0.3 is 5.97 Å². The molecule has 2 aromatic heterocycles. The lowest BCUT2D eigenvalue weighted by Gasteiger charge is -2.40. The van der Waals surface area contributed by atoms with Crippen LogP contribution < -0.4 is 4.90 Å². The molecule has 10 nitrogen and oxygen atoms in total. The lowest BCUT2D eigenvalue weighted by atomic mass is 9.87. The third kappa shape index (κ3) is 7.20. The summed E-state index contributed by atoms with van der Waals surface area (Å²) in [4.78, 5) is 40.1. The second kappa shape index (κ2) is 14.0. The highest BCUT2D eigenvalue weighted by Crippen LogP contribution is 2.33. The molecule has 244 valence electrons. The molecular weight excluding hydrogens is 628 g/mol. The van der Waals surface area contributed by atoms with Gasteiger partial charge in [-0.05, 0) is 49.1 Å². The maximum absolute atomic E-state index is 14.1. The topological polar surface area (TPSA) is 123 Å². The molecule has 0 unspecified atom stereocenters. The monoisotopic (exact) mass is 661 g/mol. The standard InChI is InChI=1S/C34H33F2N5O5S/c35-29-17-28(19-39-32(29)36)47(44,45)41-16-15-31(41)33(42)40(21-26-18-38-30(20-37-26)24-9-5-2-6-10-24)27-13-11-25(12-14-27)34(43)46-22-23-7-3-1-4-8-23/h1,3-4,7-8,11-14,17-20,24,31H,2,5-6,9-10,15-16,21-22H2/t31-/m1/s1. The summed E-state index contributed by atoms with van der Waals surface area (Å²) in [7, 11) is -4.36. The van der Waals surface area contributed by atoms with Crippen molar-refractivity contribution in [2.24, 2.45) is 0 Å². The number of anilines is 1. The van der Waals surface area contributed by atoms with Crippen molar-refractivity contribution in [3.63, 3.8) is 0 Å². The van der Waals surface area contributed by atoms with E-state index in [1.807, 2.05) is 30.3 Å². The molecule has 1 amide bonds. The quantitative estimate of drug-likeness (QED) is 0.160. The Balaban J connectivity index is 1.24. The van der Waals surface area contributed by atoms with Crippen LogP contribution in [-0.4, -0.2) is 52.1 Å². The third-order valence-corrected chi connectivity index (χ3v) is 10.5. The number of carbonyl (C=O) groups excluding carboxylic acids is 2. The molecular formula is C34H33F2N5O5S. The van der Waals surface area contributed by atoms with E-state index in [2.05, 4.69) is 15.0 Å². The minimum Gasteiger partial charge on any atom is -0.457 e. The van der Waals surface area contributed by atoms with Gasteiger partial charge in [0.2, 0.25) is 21.9 Å². The Kier molecular flexibility index (Phi) is 9.64. The van der Waals surface area contributed by atoms with Crippen molar-refractivity contribution in [2.75, 3.05) is 11.4 Å². The lowest BCUT2D eigenvalue weighted by Crippen LogP contribution is -2.59. The highest BCUT2D eigenvalue weighted by molar-refractivity contribution is 7.89. The normalized spacial score (nSPS) is 17.1. The first-order valence-electron chi connectivity index (χ1n) is 15.5. The lowest BCUT2D eigenvalue weighted by molar-refractivity contribution is -0.125. The number of halogens is 2. The van der Waals surface area contributed by atoms with Crippen LogP contribution >= 0.6 is 0 Å². The molecule has 6 rings (SSSR count). The number of aromatic nitrogens is 3. The fourth-order valence-electron chi connectivity index (χ4n) is 5.86. The van der Waals surface area contributed by atoms with E-state index in [1.54, 1.807) is 24.5 Å². The smallest absolute Gasteiger partial charge is 0.338 e. The van der Waals surface area contributed by atoms with E-state index in [1.165, 1.54) is 23.5 Å². The zero-order valence-electron chi connectivity index (χ0n) is 25.5. The van der Waals surface area contributed by atoms with Crippen molar-refractivity contribution >= 4 is 27.6 Å². The number of rotatable bonds is 10. The minimum absolute atomic E-state index is 0.00760. The van der Waals surface area contributed by atoms with E-state index < -0.39 is 44.6 Å². The van der Waals surface area contributed by atoms with Crippen LogP contribution in [0.5, 0.6) is 0 Å². The molecule has 1 aliphatic heterocycles. The molecule has 1 saturated carbocycles. The molecule has 2 aromatic carbocycles. The van der Waals surface area contributed by atoms with E-state index in [9.17, 15) is 26.8 Å². The first kappa shape index (κ1) is 32.3. The van der Waals surface area contributed by atoms with E-state index in [-0.39, 0.29) is 31.7 Å². The van der Waals surface area contributed by atoms with E-state index in [0.29, 0.717) is 23.4 Å². The van der Waals surface area contributed by atoms with E-state index >= 15 is 0 Å². The predicted octanol–water partition coefficient (Wildman–Crippen LogP) is 5.55. The minimum atomic E-state index is -4.36. The van der Waals surface area contributed by atoms with Crippen LogP contribution in [0.2, 0.25) is 0 Å². The molecule has 0 bridgehead atoms. The average Bonchev–Trinajstić information content (AvgIpc) is 3.08. The fourth-order valence-corrected chi connectivity index (χ4v) is 7.44. The summed E-state index contributed by atoms with van der Waals surface area (Å²) in [5.74, 6) is -3.58. The molecule has 13 heteroatoms. The van der Waals surface area contributed by atoms with Crippen molar-refractivity contribution in [1.82, 2.24) is 19.3 Å².